The van der Waals surface area contributed by atoms with E-state index in [1.807, 2.05) is 38.1 Å². The van der Waals surface area contributed by atoms with Crippen molar-refractivity contribution < 1.29 is 9.21 Å². The Labute approximate surface area is 117 Å². The summed E-state index contributed by atoms with van der Waals surface area (Å²) in [6.07, 6.45) is 0. The zero-order chi connectivity index (χ0) is 14.7. The molecule has 0 bridgehead atoms. The molecule has 2 aromatic rings. The molecule has 1 aromatic carbocycles. The number of rotatable bonds is 4. The van der Waals surface area contributed by atoms with Gasteiger partial charge in [0.15, 0.2) is 5.76 Å². The molecular weight excluding hydrogens is 256 g/mol. The van der Waals surface area contributed by atoms with Crippen LogP contribution in [-0.4, -0.2) is 38.0 Å². The van der Waals surface area contributed by atoms with Crippen LogP contribution >= 0.6 is 0 Å². The number of nitrogens with one attached hydrogen (secondary N) is 1. The Bertz CT molecular complexity index is 689. The van der Waals surface area contributed by atoms with E-state index >= 15 is 0 Å². The van der Waals surface area contributed by atoms with Crippen molar-refractivity contribution in [3.8, 4) is 0 Å². The molecule has 0 fully saturated rings. The predicted molar refractivity (Wildman–Crippen MR) is 78.1 cm³/mol. The van der Waals surface area contributed by atoms with E-state index in [0.717, 1.165) is 12.1 Å². The predicted octanol–water partition coefficient (Wildman–Crippen LogP) is 1.39. The summed E-state index contributed by atoms with van der Waals surface area (Å²) >= 11 is 0. The van der Waals surface area contributed by atoms with Gasteiger partial charge >= 0.3 is 5.63 Å². The van der Waals surface area contributed by atoms with Crippen molar-refractivity contribution >= 4 is 16.7 Å². The SMILES string of the molecule is Cc1ccc2cc(C(=O)NCCN(C)C)oc(=O)c2c1. The third kappa shape index (κ3) is 3.24. The van der Waals surface area contributed by atoms with Gasteiger partial charge in [-0.15, -0.1) is 0 Å². The molecule has 0 saturated heterocycles. The third-order valence-electron chi connectivity index (χ3n) is 2.99. The third-order valence-corrected chi connectivity index (χ3v) is 2.99. The van der Waals surface area contributed by atoms with E-state index in [2.05, 4.69) is 5.32 Å². The van der Waals surface area contributed by atoms with Crippen LogP contribution in [0.25, 0.3) is 10.8 Å². The summed E-state index contributed by atoms with van der Waals surface area (Å²) < 4.78 is 5.08. The minimum absolute atomic E-state index is 0.0464. The summed E-state index contributed by atoms with van der Waals surface area (Å²) in [6.45, 7) is 3.13. The van der Waals surface area contributed by atoms with E-state index in [4.69, 9.17) is 4.42 Å². The van der Waals surface area contributed by atoms with Crippen LogP contribution in [0, 0.1) is 6.92 Å². The van der Waals surface area contributed by atoms with Crippen molar-refractivity contribution in [2.24, 2.45) is 0 Å². The number of benzene rings is 1. The second kappa shape index (κ2) is 5.88. The minimum atomic E-state index is -0.482. The number of aryl methyl sites for hydroxylation is 1. The zero-order valence-electron chi connectivity index (χ0n) is 11.9. The zero-order valence-corrected chi connectivity index (χ0v) is 11.9. The molecule has 0 spiro atoms. The molecule has 2 rings (SSSR count). The molecule has 0 saturated carbocycles. The lowest BCUT2D eigenvalue weighted by Crippen LogP contribution is -2.31. The monoisotopic (exact) mass is 274 g/mol. The molecule has 0 unspecified atom stereocenters. The Hall–Kier alpha value is -2.14. The van der Waals surface area contributed by atoms with E-state index in [-0.39, 0.29) is 11.7 Å². The average Bonchev–Trinajstić information content (AvgIpc) is 2.38. The molecule has 1 N–H and O–H groups in total. The number of carbonyl (C=O) groups is 1. The van der Waals surface area contributed by atoms with Gasteiger partial charge in [-0.2, -0.15) is 0 Å². The first-order valence-electron chi connectivity index (χ1n) is 6.45. The maximum atomic E-state index is 11.9. The number of likely N-dealkylation sites (N-methyl/N-ethyl adjacent to an activating group) is 1. The fraction of sp³-hybridized carbons (Fsp3) is 0.333. The van der Waals surface area contributed by atoms with Crippen LogP contribution in [0.4, 0.5) is 0 Å². The largest absolute Gasteiger partial charge is 0.417 e. The van der Waals surface area contributed by atoms with Crippen LogP contribution in [0.3, 0.4) is 0 Å². The van der Waals surface area contributed by atoms with Crippen molar-refractivity contribution in [2.75, 3.05) is 27.2 Å². The maximum Gasteiger partial charge on any atom is 0.344 e. The van der Waals surface area contributed by atoms with Gasteiger partial charge in [-0.25, -0.2) is 4.79 Å². The fourth-order valence-electron chi connectivity index (χ4n) is 1.89. The lowest BCUT2D eigenvalue weighted by Gasteiger charge is -2.10. The molecule has 0 atom stereocenters. The van der Waals surface area contributed by atoms with Crippen LogP contribution < -0.4 is 10.9 Å². The molecule has 20 heavy (non-hydrogen) atoms. The highest BCUT2D eigenvalue weighted by atomic mass is 16.4. The van der Waals surface area contributed by atoms with E-state index in [9.17, 15) is 9.59 Å². The highest BCUT2D eigenvalue weighted by molar-refractivity contribution is 5.95. The maximum absolute atomic E-state index is 11.9. The van der Waals surface area contributed by atoms with Gasteiger partial charge in [0.05, 0.1) is 5.39 Å². The van der Waals surface area contributed by atoms with Gasteiger partial charge in [-0.1, -0.05) is 17.7 Å². The summed E-state index contributed by atoms with van der Waals surface area (Å²) in [5.74, 6) is -0.323. The second-order valence-electron chi connectivity index (χ2n) is 5.05. The molecule has 1 amide bonds. The number of amides is 1. The summed E-state index contributed by atoms with van der Waals surface area (Å²) in [6, 6.07) is 7.07. The van der Waals surface area contributed by atoms with Crippen LogP contribution in [0.5, 0.6) is 0 Å². The van der Waals surface area contributed by atoms with Gasteiger partial charge < -0.3 is 14.6 Å². The van der Waals surface area contributed by atoms with Crippen molar-refractivity contribution in [1.82, 2.24) is 10.2 Å². The Morgan fingerprint density at radius 3 is 2.75 bits per heavy atom. The van der Waals surface area contributed by atoms with E-state index < -0.39 is 5.63 Å². The Kier molecular flexibility index (Phi) is 4.20. The molecule has 106 valence electrons. The molecule has 0 aliphatic heterocycles. The molecular formula is C15H18N2O3. The van der Waals surface area contributed by atoms with Gasteiger partial charge in [0.1, 0.15) is 0 Å². The van der Waals surface area contributed by atoms with Gasteiger partial charge in [0, 0.05) is 13.1 Å². The highest BCUT2D eigenvalue weighted by Gasteiger charge is 2.11. The van der Waals surface area contributed by atoms with Gasteiger partial charge in [-0.3, -0.25) is 4.79 Å². The van der Waals surface area contributed by atoms with Gasteiger partial charge in [-0.05, 0) is 38.5 Å². The van der Waals surface area contributed by atoms with Gasteiger partial charge in [0.25, 0.3) is 5.91 Å². The number of fused-ring (bicyclic) bond motifs is 1. The first-order chi connectivity index (χ1) is 9.47. The van der Waals surface area contributed by atoms with E-state index in [1.165, 1.54) is 0 Å². The second-order valence-corrected chi connectivity index (χ2v) is 5.05. The standard InChI is InChI=1S/C15H18N2O3/c1-10-4-5-11-9-13(20-15(19)12(11)8-10)14(18)16-6-7-17(2)3/h4-5,8-9H,6-7H2,1-3H3,(H,16,18). The average molecular weight is 274 g/mol. The van der Waals surface area contributed by atoms with Crippen molar-refractivity contribution in [3.63, 3.8) is 0 Å². The van der Waals surface area contributed by atoms with Crippen LogP contribution in [-0.2, 0) is 0 Å². The summed E-state index contributed by atoms with van der Waals surface area (Å²) in [4.78, 5) is 25.8. The summed E-state index contributed by atoms with van der Waals surface area (Å²) in [5, 5.41) is 3.93. The van der Waals surface area contributed by atoms with Crippen LogP contribution in [0.15, 0.2) is 33.5 Å². The Morgan fingerprint density at radius 1 is 1.30 bits per heavy atom. The topological polar surface area (TPSA) is 62.6 Å². The lowest BCUT2D eigenvalue weighted by atomic mass is 10.1. The molecule has 0 radical (unpaired) electrons. The van der Waals surface area contributed by atoms with Crippen molar-refractivity contribution in [1.29, 1.82) is 0 Å². The smallest absolute Gasteiger partial charge is 0.344 e. The van der Waals surface area contributed by atoms with Crippen molar-refractivity contribution in [2.45, 2.75) is 6.92 Å². The molecule has 0 aliphatic carbocycles. The van der Waals surface area contributed by atoms with Crippen LogP contribution in [0.2, 0.25) is 0 Å². The fourth-order valence-corrected chi connectivity index (χ4v) is 1.89. The molecule has 1 aromatic heterocycles. The normalized spacial score (nSPS) is 11.0. The minimum Gasteiger partial charge on any atom is -0.417 e. The molecule has 5 heteroatoms. The van der Waals surface area contributed by atoms with Crippen molar-refractivity contribution in [3.05, 3.63) is 46.0 Å². The highest BCUT2D eigenvalue weighted by Crippen LogP contribution is 2.14. The number of hydrogen-bond acceptors (Lipinski definition) is 4. The molecule has 0 aliphatic rings. The molecule has 5 nitrogen and oxygen atoms in total. The first-order valence-corrected chi connectivity index (χ1v) is 6.45. The summed E-state index contributed by atoms with van der Waals surface area (Å²) in [5.41, 5.74) is 0.497. The Morgan fingerprint density at radius 2 is 2.05 bits per heavy atom. The number of nitrogens with zero attached hydrogens (tertiary/aromatic N) is 1. The first kappa shape index (κ1) is 14.3. The lowest BCUT2D eigenvalue weighted by molar-refractivity contribution is 0.0919. The van der Waals surface area contributed by atoms with Gasteiger partial charge in [0.2, 0.25) is 0 Å². The molecule has 1 heterocycles. The van der Waals surface area contributed by atoms with E-state index in [1.54, 1.807) is 12.1 Å². The number of hydrogen-bond donors (Lipinski definition) is 1. The number of carbonyl (C=O) groups excluding carboxylic acids is 1. The quantitative estimate of drug-likeness (QED) is 0.915. The Balaban J connectivity index is 2.25. The van der Waals surface area contributed by atoms with E-state index in [0.29, 0.717) is 17.3 Å². The van der Waals surface area contributed by atoms with Crippen LogP contribution in [0.1, 0.15) is 16.1 Å². The summed E-state index contributed by atoms with van der Waals surface area (Å²) in [7, 11) is 3.84.